The lowest BCUT2D eigenvalue weighted by molar-refractivity contribution is 0.318. The quantitative estimate of drug-likeness (QED) is 0.380. The summed E-state index contributed by atoms with van der Waals surface area (Å²) in [7, 11) is 3.92. The Kier molecular flexibility index (Phi) is 6.59. The van der Waals surface area contributed by atoms with Gasteiger partial charge >= 0.3 is 0 Å². The second kappa shape index (κ2) is 8.97. The first-order valence-electron chi connectivity index (χ1n) is 9.17. The van der Waals surface area contributed by atoms with Crippen molar-refractivity contribution in [1.29, 1.82) is 0 Å². The average molecular weight is 424 g/mol. The summed E-state index contributed by atoms with van der Waals surface area (Å²) in [5.41, 5.74) is 2.20. The highest BCUT2D eigenvalue weighted by molar-refractivity contribution is 6.30. The van der Waals surface area contributed by atoms with Gasteiger partial charge in [0.25, 0.3) is 0 Å². The van der Waals surface area contributed by atoms with Crippen LogP contribution in [-0.2, 0) is 12.8 Å². The summed E-state index contributed by atoms with van der Waals surface area (Å²) in [5.74, 6) is -2.63. The molecule has 4 nitrogen and oxygen atoms in total. The summed E-state index contributed by atoms with van der Waals surface area (Å²) in [6, 6.07) is 5.13. The molecule has 0 atom stereocenters. The van der Waals surface area contributed by atoms with Crippen LogP contribution >= 0.6 is 11.6 Å². The minimum Gasteiger partial charge on any atom is -0.411 e. The van der Waals surface area contributed by atoms with Gasteiger partial charge in [-0.2, -0.15) is 0 Å². The molecule has 0 aromatic heterocycles. The topological polar surface area (TPSA) is 48.2 Å². The molecular weight excluding hydrogens is 403 g/mol. The largest absolute Gasteiger partial charge is 0.411 e. The first-order valence-corrected chi connectivity index (χ1v) is 9.55. The standard InChI is InChI=1S/C21H21ClF3N3O/c1-28(2)7-3-4-13-10-15-14(11-18(24)20(25)21(15)26-13)19(27-29)9-12-5-6-17(23)16(22)8-12/h5-6,8,11,29H,3-4,7,9-10H2,1-2H3/b27-19+. The SMILES string of the molecule is CN(C)CCCC1=Nc2c(F)c(F)cc(/C(Cc3ccc(F)c(Cl)c3)=N/O)c2C1. The van der Waals surface area contributed by atoms with Crippen molar-refractivity contribution in [2.45, 2.75) is 25.7 Å². The Morgan fingerprint density at radius 1 is 1.21 bits per heavy atom. The van der Waals surface area contributed by atoms with Crippen LogP contribution in [0.15, 0.2) is 34.4 Å². The maximum Gasteiger partial charge on any atom is 0.184 e. The normalized spacial score (nSPS) is 13.8. The predicted molar refractivity (Wildman–Crippen MR) is 108 cm³/mol. The van der Waals surface area contributed by atoms with E-state index >= 15 is 0 Å². The molecule has 8 heteroatoms. The molecule has 0 saturated heterocycles. The fourth-order valence-corrected chi connectivity index (χ4v) is 3.58. The van der Waals surface area contributed by atoms with Gasteiger partial charge in [0, 0.05) is 24.1 Å². The van der Waals surface area contributed by atoms with Crippen LogP contribution in [0.3, 0.4) is 0 Å². The number of aliphatic imine (C=N–C) groups is 1. The summed E-state index contributed by atoms with van der Waals surface area (Å²) < 4.78 is 42.0. The van der Waals surface area contributed by atoms with Gasteiger partial charge in [0.1, 0.15) is 11.5 Å². The number of rotatable bonds is 7. The summed E-state index contributed by atoms with van der Waals surface area (Å²) in [6.07, 6.45) is 1.93. The zero-order valence-corrected chi connectivity index (χ0v) is 16.9. The van der Waals surface area contributed by atoms with E-state index in [9.17, 15) is 18.4 Å². The summed E-state index contributed by atoms with van der Waals surface area (Å²) in [6.45, 7) is 0.855. The number of halogens is 4. The van der Waals surface area contributed by atoms with Gasteiger partial charge in [-0.1, -0.05) is 22.8 Å². The van der Waals surface area contributed by atoms with E-state index in [0.29, 0.717) is 24.0 Å². The van der Waals surface area contributed by atoms with Crippen molar-refractivity contribution < 1.29 is 18.4 Å². The van der Waals surface area contributed by atoms with Gasteiger partial charge in [0.15, 0.2) is 11.6 Å². The molecule has 0 fully saturated rings. The van der Waals surface area contributed by atoms with Gasteiger partial charge in [0.05, 0.1) is 10.7 Å². The minimum absolute atomic E-state index is 0.0434. The van der Waals surface area contributed by atoms with Crippen molar-refractivity contribution in [3.05, 3.63) is 63.4 Å². The lowest BCUT2D eigenvalue weighted by atomic mass is 9.94. The molecule has 1 aliphatic heterocycles. The predicted octanol–water partition coefficient (Wildman–Crippen LogP) is 5.15. The Hall–Kier alpha value is -2.38. The third-order valence-corrected chi connectivity index (χ3v) is 5.10. The van der Waals surface area contributed by atoms with E-state index in [2.05, 4.69) is 10.1 Å². The monoisotopic (exact) mass is 423 g/mol. The highest BCUT2D eigenvalue weighted by Gasteiger charge is 2.27. The van der Waals surface area contributed by atoms with Gasteiger partial charge in [-0.25, -0.2) is 13.2 Å². The number of hydrogen-bond acceptors (Lipinski definition) is 4. The molecule has 1 heterocycles. The Labute approximate surface area is 172 Å². The second-order valence-corrected chi connectivity index (χ2v) is 7.69. The number of benzene rings is 2. The van der Waals surface area contributed by atoms with Crippen molar-refractivity contribution in [2.75, 3.05) is 20.6 Å². The molecule has 0 saturated carbocycles. The molecule has 0 unspecified atom stereocenters. The highest BCUT2D eigenvalue weighted by atomic mass is 35.5. The average Bonchev–Trinajstić information content (AvgIpc) is 3.10. The lowest BCUT2D eigenvalue weighted by Gasteiger charge is -2.12. The van der Waals surface area contributed by atoms with Crippen molar-refractivity contribution in [3.8, 4) is 0 Å². The second-order valence-electron chi connectivity index (χ2n) is 7.28. The van der Waals surface area contributed by atoms with Gasteiger partial charge in [0.2, 0.25) is 0 Å². The number of hydrogen-bond donors (Lipinski definition) is 1. The van der Waals surface area contributed by atoms with Crippen LogP contribution in [0.2, 0.25) is 5.02 Å². The Bertz CT molecular complexity index is 990. The fraction of sp³-hybridized carbons (Fsp3) is 0.333. The molecule has 0 aliphatic carbocycles. The van der Waals surface area contributed by atoms with Gasteiger partial charge in [-0.05, 0) is 62.8 Å². The third kappa shape index (κ3) is 4.79. The van der Waals surface area contributed by atoms with E-state index in [-0.39, 0.29) is 28.4 Å². The van der Waals surface area contributed by atoms with Crippen molar-refractivity contribution in [1.82, 2.24) is 4.90 Å². The first-order chi connectivity index (χ1) is 13.8. The number of fused-ring (bicyclic) bond motifs is 1. The Morgan fingerprint density at radius 3 is 2.62 bits per heavy atom. The summed E-state index contributed by atoms with van der Waals surface area (Å²) >= 11 is 5.81. The molecule has 3 rings (SSSR count). The number of nitrogens with zero attached hydrogens (tertiary/aromatic N) is 3. The van der Waals surface area contributed by atoms with Crippen LogP contribution in [0.25, 0.3) is 0 Å². The summed E-state index contributed by atoms with van der Waals surface area (Å²) in [5, 5.41) is 12.8. The molecule has 154 valence electrons. The zero-order valence-electron chi connectivity index (χ0n) is 16.1. The van der Waals surface area contributed by atoms with Crippen LogP contribution in [-0.4, -0.2) is 42.2 Å². The van der Waals surface area contributed by atoms with Crippen molar-refractivity contribution >= 4 is 28.7 Å². The van der Waals surface area contributed by atoms with E-state index in [0.717, 1.165) is 24.7 Å². The summed E-state index contributed by atoms with van der Waals surface area (Å²) in [4.78, 5) is 6.34. The number of oxime groups is 1. The first kappa shape index (κ1) is 21.3. The molecular formula is C21H21ClF3N3O. The van der Waals surface area contributed by atoms with Crippen LogP contribution < -0.4 is 0 Å². The van der Waals surface area contributed by atoms with Crippen molar-refractivity contribution in [2.24, 2.45) is 10.1 Å². The van der Waals surface area contributed by atoms with E-state index in [1.807, 2.05) is 19.0 Å². The van der Waals surface area contributed by atoms with E-state index in [1.54, 1.807) is 0 Å². The van der Waals surface area contributed by atoms with Crippen LogP contribution in [0.1, 0.15) is 29.5 Å². The molecule has 0 radical (unpaired) electrons. The van der Waals surface area contributed by atoms with Crippen LogP contribution in [0, 0.1) is 17.5 Å². The van der Waals surface area contributed by atoms with Crippen molar-refractivity contribution in [3.63, 3.8) is 0 Å². The minimum atomic E-state index is -1.06. The molecule has 0 bridgehead atoms. The maximum atomic E-state index is 14.3. The lowest BCUT2D eigenvalue weighted by Crippen LogP contribution is -2.14. The van der Waals surface area contributed by atoms with Crippen LogP contribution in [0.5, 0.6) is 0 Å². The zero-order chi connectivity index (χ0) is 21.1. The molecule has 2 aromatic rings. The molecule has 0 spiro atoms. The fourth-order valence-electron chi connectivity index (χ4n) is 3.38. The maximum absolute atomic E-state index is 14.3. The van der Waals surface area contributed by atoms with Gasteiger partial charge < -0.3 is 10.1 Å². The van der Waals surface area contributed by atoms with Gasteiger partial charge in [-0.15, -0.1) is 0 Å². The molecule has 1 N–H and O–H groups in total. The van der Waals surface area contributed by atoms with E-state index < -0.39 is 17.5 Å². The Balaban J connectivity index is 1.89. The molecule has 1 aliphatic rings. The Morgan fingerprint density at radius 2 is 1.97 bits per heavy atom. The molecule has 0 amide bonds. The molecule has 29 heavy (non-hydrogen) atoms. The third-order valence-electron chi connectivity index (χ3n) is 4.81. The smallest absolute Gasteiger partial charge is 0.184 e. The van der Waals surface area contributed by atoms with E-state index in [4.69, 9.17) is 11.6 Å². The highest BCUT2D eigenvalue weighted by Crippen LogP contribution is 2.36. The molecule has 2 aromatic carbocycles. The van der Waals surface area contributed by atoms with Crippen LogP contribution in [0.4, 0.5) is 18.9 Å². The van der Waals surface area contributed by atoms with Gasteiger partial charge in [-0.3, -0.25) is 4.99 Å². The van der Waals surface area contributed by atoms with E-state index in [1.165, 1.54) is 18.2 Å².